The Morgan fingerprint density at radius 1 is 1.10 bits per heavy atom. The molecule has 1 heterocycles. The minimum absolute atomic E-state index is 0.0863. The summed E-state index contributed by atoms with van der Waals surface area (Å²) in [6.45, 7) is 6.97. The molecule has 2 nitrogen and oxygen atoms in total. The van der Waals surface area contributed by atoms with E-state index in [0.717, 1.165) is 53.5 Å². The van der Waals surface area contributed by atoms with E-state index in [2.05, 4.69) is 18.8 Å². The van der Waals surface area contributed by atoms with Gasteiger partial charge in [0.05, 0.1) is 19.3 Å². The van der Waals surface area contributed by atoms with Crippen LogP contribution in [-0.2, 0) is 17.8 Å². The molecule has 31 heavy (non-hydrogen) atoms. The molecule has 0 bridgehead atoms. The van der Waals surface area contributed by atoms with Crippen molar-refractivity contribution < 1.29 is 9.84 Å². The molecule has 3 unspecified atom stereocenters. The van der Waals surface area contributed by atoms with Crippen LogP contribution in [0.15, 0.2) is 36.4 Å². The van der Waals surface area contributed by atoms with E-state index < -0.39 is 0 Å². The van der Waals surface area contributed by atoms with Gasteiger partial charge in [0.15, 0.2) is 0 Å². The van der Waals surface area contributed by atoms with E-state index in [4.69, 9.17) is 44.6 Å². The highest BCUT2D eigenvalue weighted by Crippen LogP contribution is 2.27. The van der Waals surface area contributed by atoms with E-state index in [-0.39, 0.29) is 6.61 Å². The topological polar surface area (TPSA) is 29.5 Å². The van der Waals surface area contributed by atoms with Crippen LogP contribution >= 0.6 is 34.8 Å². The second-order valence-electron chi connectivity index (χ2n) is 8.13. The molecule has 0 aromatic heterocycles. The van der Waals surface area contributed by atoms with Gasteiger partial charge in [-0.15, -0.1) is 5.92 Å². The molecule has 1 N–H and O–H groups in total. The van der Waals surface area contributed by atoms with Crippen molar-refractivity contribution in [3.8, 4) is 11.8 Å². The largest absolute Gasteiger partial charge is 0.392 e. The number of aliphatic hydroxyl groups is 1. The van der Waals surface area contributed by atoms with Crippen LogP contribution in [0.5, 0.6) is 0 Å². The fraction of sp³-hybridized carbons (Fsp3) is 0.462. The van der Waals surface area contributed by atoms with Crippen molar-refractivity contribution in [2.45, 2.75) is 59.2 Å². The maximum Gasteiger partial charge on any atom is 0.0684 e. The fourth-order valence-electron chi connectivity index (χ4n) is 3.68. The van der Waals surface area contributed by atoms with Crippen molar-refractivity contribution in [1.82, 2.24) is 0 Å². The van der Waals surface area contributed by atoms with Crippen molar-refractivity contribution >= 4 is 34.8 Å². The Labute approximate surface area is 201 Å². The summed E-state index contributed by atoms with van der Waals surface area (Å²) < 4.78 is 5.81. The van der Waals surface area contributed by atoms with Gasteiger partial charge in [-0.05, 0) is 86.4 Å². The lowest BCUT2D eigenvalue weighted by atomic mass is 9.93. The highest BCUT2D eigenvalue weighted by Gasteiger charge is 2.24. The Hall–Kier alpha value is -1.21. The molecule has 1 aliphatic heterocycles. The number of aliphatic hydroxyl groups excluding tert-OH is 1. The lowest BCUT2D eigenvalue weighted by molar-refractivity contribution is 0.0969. The maximum atomic E-state index is 8.77. The Balaban J connectivity index is 0.000000285. The number of halogens is 3. The van der Waals surface area contributed by atoms with Crippen molar-refractivity contribution in [3.05, 3.63) is 68.2 Å². The number of hydrogen-bond acceptors (Lipinski definition) is 2. The number of ether oxygens (including phenoxy) is 1. The van der Waals surface area contributed by atoms with Gasteiger partial charge in [0.2, 0.25) is 0 Å². The highest BCUT2D eigenvalue weighted by molar-refractivity contribution is 6.35. The second-order valence-corrected chi connectivity index (χ2v) is 9.41. The van der Waals surface area contributed by atoms with Crippen LogP contribution in [0, 0.1) is 30.6 Å². The third-order valence-electron chi connectivity index (χ3n) is 5.47. The average Bonchev–Trinajstić information content (AvgIpc) is 3.17. The molecule has 2 aromatic carbocycles. The summed E-state index contributed by atoms with van der Waals surface area (Å²) in [6.07, 6.45) is 4.69. The third kappa shape index (κ3) is 9.05. The van der Waals surface area contributed by atoms with Crippen LogP contribution in [0.25, 0.3) is 0 Å². The minimum atomic E-state index is 0.0863. The fourth-order valence-corrected chi connectivity index (χ4v) is 4.40. The summed E-state index contributed by atoms with van der Waals surface area (Å²) in [5, 5.41) is 10.9. The minimum Gasteiger partial charge on any atom is -0.392 e. The molecule has 5 heteroatoms. The maximum absolute atomic E-state index is 8.77. The van der Waals surface area contributed by atoms with Crippen LogP contribution in [0.4, 0.5) is 0 Å². The molecule has 0 amide bonds. The summed E-state index contributed by atoms with van der Waals surface area (Å²) in [7, 11) is 0. The highest BCUT2D eigenvalue weighted by atomic mass is 35.5. The van der Waals surface area contributed by atoms with Crippen LogP contribution in [-0.4, -0.2) is 17.8 Å². The van der Waals surface area contributed by atoms with Gasteiger partial charge in [-0.1, -0.05) is 59.8 Å². The summed E-state index contributed by atoms with van der Waals surface area (Å²) in [5.41, 5.74) is 3.15. The molecule has 2 aromatic rings. The predicted molar refractivity (Wildman–Crippen MR) is 132 cm³/mol. The zero-order valence-electron chi connectivity index (χ0n) is 18.4. The van der Waals surface area contributed by atoms with E-state index in [1.165, 1.54) is 5.56 Å². The first kappa shape index (κ1) is 26.0. The van der Waals surface area contributed by atoms with Gasteiger partial charge in [-0.2, -0.15) is 0 Å². The van der Waals surface area contributed by atoms with Crippen LogP contribution in [0.1, 0.15) is 49.8 Å². The summed E-state index contributed by atoms with van der Waals surface area (Å²) >= 11 is 17.9. The first-order valence-electron chi connectivity index (χ1n) is 10.7. The van der Waals surface area contributed by atoms with Crippen molar-refractivity contribution in [1.29, 1.82) is 0 Å². The Morgan fingerprint density at radius 2 is 1.77 bits per heavy atom. The van der Waals surface area contributed by atoms with Gasteiger partial charge in [-0.25, -0.2) is 0 Å². The molecular weight excluding hydrogens is 451 g/mol. The summed E-state index contributed by atoms with van der Waals surface area (Å²) in [4.78, 5) is 0. The molecule has 0 radical (unpaired) electrons. The van der Waals surface area contributed by atoms with Gasteiger partial charge in [0.1, 0.15) is 0 Å². The molecule has 1 saturated heterocycles. The van der Waals surface area contributed by atoms with Gasteiger partial charge in [0, 0.05) is 21.0 Å². The van der Waals surface area contributed by atoms with Crippen molar-refractivity contribution in [3.63, 3.8) is 0 Å². The molecule has 0 saturated carbocycles. The normalized spacial score (nSPS) is 18.5. The second kappa shape index (κ2) is 13.4. The monoisotopic (exact) mass is 480 g/mol. The number of aryl methyl sites for hydroxylation is 1. The Kier molecular flexibility index (Phi) is 11.2. The molecule has 3 rings (SSSR count). The molecular formula is C26H31Cl3O2. The van der Waals surface area contributed by atoms with E-state index >= 15 is 0 Å². The van der Waals surface area contributed by atoms with Gasteiger partial charge >= 0.3 is 0 Å². The lowest BCUT2D eigenvalue weighted by Crippen LogP contribution is -2.09. The zero-order chi connectivity index (χ0) is 22.8. The Bertz CT molecular complexity index is 901. The van der Waals surface area contributed by atoms with Crippen LogP contribution < -0.4 is 0 Å². The van der Waals surface area contributed by atoms with Crippen LogP contribution in [0.2, 0.25) is 15.1 Å². The molecule has 3 atom stereocenters. The molecule has 168 valence electrons. The smallest absolute Gasteiger partial charge is 0.0684 e. The standard InChI is InChI=1S/C18H22Cl2O.C8H9ClO/c1-3-4-14-10-17(21-12-14)8-5-13(2)9-15-6-7-16(19)11-18(15)20;1-6-4-8(9)3-2-7(6)5-10/h6-7,11,13-14,17H,5,8-10,12H2,1-2H3;2-4,10H,5H2,1H3. The summed E-state index contributed by atoms with van der Waals surface area (Å²) in [5.74, 6) is 7.21. The van der Waals surface area contributed by atoms with Crippen LogP contribution in [0.3, 0.4) is 0 Å². The van der Waals surface area contributed by atoms with Gasteiger partial charge < -0.3 is 9.84 Å². The SMILES string of the molecule is CC#CC1COC(CCC(C)Cc2ccc(Cl)cc2Cl)C1.Cc1cc(Cl)ccc1CO. The Morgan fingerprint density at radius 3 is 2.39 bits per heavy atom. The molecule has 0 aliphatic carbocycles. The zero-order valence-corrected chi connectivity index (χ0v) is 20.7. The van der Waals surface area contributed by atoms with E-state index in [9.17, 15) is 0 Å². The number of rotatable bonds is 6. The lowest BCUT2D eigenvalue weighted by Gasteiger charge is -2.15. The predicted octanol–water partition coefficient (Wildman–Crippen LogP) is 7.52. The average molecular weight is 482 g/mol. The first-order valence-corrected chi connectivity index (χ1v) is 11.8. The van der Waals surface area contributed by atoms with Gasteiger partial charge in [-0.3, -0.25) is 0 Å². The summed E-state index contributed by atoms with van der Waals surface area (Å²) in [6, 6.07) is 11.2. The van der Waals surface area contributed by atoms with Gasteiger partial charge in [0.25, 0.3) is 0 Å². The van der Waals surface area contributed by atoms with Crippen molar-refractivity contribution in [2.75, 3.05) is 6.61 Å². The third-order valence-corrected chi connectivity index (χ3v) is 6.29. The molecule has 1 aliphatic rings. The van der Waals surface area contributed by atoms with E-state index in [1.807, 2.05) is 44.2 Å². The first-order chi connectivity index (χ1) is 14.8. The quantitative estimate of drug-likeness (QED) is 0.432. The van der Waals surface area contributed by atoms with E-state index in [1.54, 1.807) is 6.07 Å². The molecule has 0 spiro atoms. The van der Waals surface area contributed by atoms with Crippen molar-refractivity contribution in [2.24, 2.45) is 11.8 Å². The molecule has 1 fully saturated rings. The van der Waals surface area contributed by atoms with E-state index in [0.29, 0.717) is 23.0 Å². The number of benzene rings is 2. The number of hydrogen-bond donors (Lipinski definition) is 1.